The maximum atomic E-state index is 13.2. The van der Waals surface area contributed by atoms with Crippen molar-refractivity contribution >= 4 is 11.9 Å². The number of nitrogens with one attached hydrogen (secondary N) is 1. The smallest absolute Gasteiger partial charge is 0.306 e. The van der Waals surface area contributed by atoms with E-state index in [9.17, 15) is 19.8 Å². The highest BCUT2D eigenvalue weighted by Crippen LogP contribution is 2.17. The number of allylic oxidation sites excluding steroid dienone is 8. The van der Waals surface area contributed by atoms with Gasteiger partial charge in [-0.3, -0.25) is 9.59 Å². The summed E-state index contributed by atoms with van der Waals surface area (Å²) in [4.78, 5) is 26.1. The Morgan fingerprint density at radius 3 is 1.31 bits per heavy atom. The molecule has 356 valence electrons. The second-order valence-corrected chi connectivity index (χ2v) is 18.0. The van der Waals surface area contributed by atoms with Gasteiger partial charge in [-0.1, -0.05) is 223 Å². The summed E-state index contributed by atoms with van der Waals surface area (Å²) >= 11 is 0. The van der Waals surface area contributed by atoms with Crippen molar-refractivity contribution in [3.8, 4) is 0 Å². The largest absolute Gasteiger partial charge is 0.462 e. The van der Waals surface area contributed by atoms with Crippen LogP contribution in [0.15, 0.2) is 48.6 Å². The quantitative estimate of drug-likeness (QED) is 0.0245. The highest BCUT2D eigenvalue weighted by molar-refractivity contribution is 5.77. The third kappa shape index (κ3) is 44.2. The van der Waals surface area contributed by atoms with Gasteiger partial charge in [-0.05, 0) is 77.0 Å². The minimum atomic E-state index is -0.799. The molecule has 0 saturated carbocycles. The van der Waals surface area contributed by atoms with Crippen molar-refractivity contribution in [3.05, 3.63) is 48.6 Å². The van der Waals surface area contributed by atoms with E-state index in [0.29, 0.717) is 19.3 Å². The molecule has 0 fully saturated rings. The Morgan fingerprint density at radius 1 is 0.475 bits per heavy atom. The molecule has 0 heterocycles. The molecular formula is C55H101NO5. The summed E-state index contributed by atoms with van der Waals surface area (Å²) in [6.45, 7) is 6.45. The average molecular weight is 856 g/mol. The van der Waals surface area contributed by atoms with Crippen LogP contribution in [0.3, 0.4) is 0 Å². The van der Waals surface area contributed by atoms with E-state index in [1.165, 1.54) is 135 Å². The normalized spacial score (nSPS) is 13.6. The van der Waals surface area contributed by atoms with Gasteiger partial charge in [-0.15, -0.1) is 0 Å². The number of hydrogen-bond acceptors (Lipinski definition) is 5. The molecule has 1 amide bonds. The number of rotatable bonds is 47. The van der Waals surface area contributed by atoms with Gasteiger partial charge < -0.3 is 20.3 Å². The molecule has 0 aromatic carbocycles. The predicted molar refractivity (Wildman–Crippen MR) is 264 cm³/mol. The average Bonchev–Trinajstić information content (AvgIpc) is 3.25. The van der Waals surface area contributed by atoms with Crippen molar-refractivity contribution in [2.45, 2.75) is 283 Å². The number of ether oxygens (including phenoxy) is 1. The molecule has 0 aromatic heterocycles. The number of hydrogen-bond donors (Lipinski definition) is 3. The van der Waals surface area contributed by atoms with Crippen molar-refractivity contribution in [2.75, 3.05) is 6.61 Å². The third-order valence-electron chi connectivity index (χ3n) is 11.9. The molecular weight excluding hydrogens is 755 g/mol. The first-order valence-corrected chi connectivity index (χ1v) is 26.4. The second-order valence-electron chi connectivity index (χ2n) is 18.0. The molecule has 3 N–H and O–H groups in total. The van der Waals surface area contributed by atoms with E-state index in [2.05, 4.69) is 74.7 Å². The monoisotopic (exact) mass is 856 g/mol. The zero-order valence-corrected chi connectivity index (χ0v) is 40.5. The van der Waals surface area contributed by atoms with Gasteiger partial charge in [0.05, 0.1) is 25.2 Å². The number of aliphatic hydroxyl groups is 2. The topological polar surface area (TPSA) is 95.9 Å². The summed E-state index contributed by atoms with van der Waals surface area (Å²) in [5.41, 5.74) is 0. The van der Waals surface area contributed by atoms with Gasteiger partial charge in [0.15, 0.2) is 0 Å². The van der Waals surface area contributed by atoms with Gasteiger partial charge in [-0.25, -0.2) is 0 Å². The van der Waals surface area contributed by atoms with Crippen molar-refractivity contribution in [2.24, 2.45) is 0 Å². The fourth-order valence-electron chi connectivity index (χ4n) is 7.90. The lowest BCUT2D eigenvalue weighted by Crippen LogP contribution is -2.46. The lowest BCUT2D eigenvalue weighted by Gasteiger charge is -2.24. The molecule has 0 aliphatic heterocycles. The van der Waals surface area contributed by atoms with Gasteiger partial charge in [0.1, 0.15) is 6.10 Å². The molecule has 0 aromatic rings. The van der Waals surface area contributed by atoms with E-state index in [4.69, 9.17) is 4.74 Å². The zero-order valence-electron chi connectivity index (χ0n) is 40.5. The van der Waals surface area contributed by atoms with Crippen LogP contribution in [-0.4, -0.2) is 46.9 Å². The van der Waals surface area contributed by atoms with Gasteiger partial charge in [0, 0.05) is 6.42 Å². The zero-order chi connectivity index (χ0) is 44.5. The van der Waals surface area contributed by atoms with Crippen molar-refractivity contribution in [1.82, 2.24) is 5.32 Å². The summed E-state index contributed by atoms with van der Waals surface area (Å²) in [6.07, 6.45) is 58.8. The lowest BCUT2D eigenvalue weighted by molar-refractivity contribution is -0.151. The summed E-state index contributed by atoms with van der Waals surface area (Å²) in [5, 5.41) is 23.8. The molecule has 0 bridgehead atoms. The number of amides is 1. The van der Waals surface area contributed by atoms with Crippen LogP contribution in [0.4, 0.5) is 0 Å². The number of aliphatic hydroxyl groups excluding tert-OH is 2. The molecule has 3 atom stereocenters. The minimum absolute atomic E-state index is 0.0497. The predicted octanol–water partition coefficient (Wildman–Crippen LogP) is 15.8. The first-order chi connectivity index (χ1) is 30.0. The summed E-state index contributed by atoms with van der Waals surface area (Å²) in [6, 6.07) is -0.715. The van der Waals surface area contributed by atoms with E-state index in [1.807, 2.05) is 0 Å². The van der Waals surface area contributed by atoms with Gasteiger partial charge in [-0.2, -0.15) is 0 Å². The standard InChI is InChI=1S/C55H101NO5/c1-4-7-10-13-16-19-22-25-27-28-29-31-34-37-40-43-46-51(61-55(60)48-45-42-39-36-33-30-26-23-20-17-14-11-8-5-2)49-54(59)56-52(50-57)53(58)47-44-41-38-35-32-24-21-18-15-12-9-6-3/h22,25,27-31,33,51-53,57-58H,4-21,23-24,26,32,34-50H2,1-3H3,(H,56,59)/b25-22+,28-27+,31-29+,33-30-. The molecule has 0 spiro atoms. The first-order valence-electron chi connectivity index (χ1n) is 26.4. The lowest BCUT2D eigenvalue weighted by atomic mass is 10.0. The van der Waals surface area contributed by atoms with Crippen molar-refractivity contribution < 1.29 is 24.5 Å². The van der Waals surface area contributed by atoms with E-state index in [-0.39, 0.29) is 24.9 Å². The molecule has 0 aliphatic carbocycles. The highest BCUT2D eigenvalue weighted by Gasteiger charge is 2.24. The van der Waals surface area contributed by atoms with Crippen LogP contribution in [0, 0.1) is 0 Å². The van der Waals surface area contributed by atoms with Gasteiger partial charge in [0.25, 0.3) is 0 Å². The summed E-state index contributed by atoms with van der Waals surface area (Å²) in [7, 11) is 0. The number of unbranched alkanes of at least 4 members (excludes halogenated alkanes) is 29. The minimum Gasteiger partial charge on any atom is -0.462 e. The summed E-state index contributed by atoms with van der Waals surface area (Å²) < 4.78 is 5.91. The van der Waals surface area contributed by atoms with Crippen LogP contribution in [0.5, 0.6) is 0 Å². The third-order valence-corrected chi connectivity index (χ3v) is 11.9. The van der Waals surface area contributed by atoms with E-state index in [0.717, 1.165) is 83.5 Å². The Kier molecular flexibility index (Phi) is 47.1. The fraction of sp³-hybridized carbons (Fsp3) is 0.818. The molecule has 3 unspecified atom stereocenters. The van der Waals surface area contributed by atoms with Crippen LogP contribution in [0.1, 0.15) is 265 Å². The molecule has 61 heavy (non-hydrogen) atoms. The molecule has 6 heteroatoms. The highest BCUT2D eigenvalue weighted by atomic mass is 16.5. The van der Waals surface area contributed by atoms with E-state index >= 15 is 0 Å². The molecule has 0 aliphatic rings. The maximum absolute atomic E-state index is 13.2. The number of carbonyl (C=O) groups excluding carboxylic acids is 2. The Hall–Kier alpha value is -2.18. The van der Waals surface area contributed by atoms with Crippen LogP contribution in [0.2, 0.25) is 0 Å². The number of carbonyl (C=O) groups is 2. The van der Waals surface area contributed by atoms with Gasteiger partial charge >= 0.3 is 5.97 Å². The molecule has 0 saturated heterocycles. The fourth-order valence-corrected chi connectivity index (χ4v) is 7.90. The molecule has 0 rings (SSSR count). The maximum Gasteiger partial charge on any atom is 0.306 e. The van der Waals surface area contributed by atoms with E-state index in [1.54, 1.807) is 0 Å². The van der Waals surface area contributed by atoms with Gasteiger partial charge in [0.2, 0.25) is 5.91 Å². The van der Waals surface area contributed by atoms with Crippen molar-refractivity contribution in [1.29, 1.82) is 0 Å². The Balaban J connectivity index is 4.68. The second kappa shape index (κ2) is 48.8. The van der Waals surface area contributed by atoms with Crippen molar-refractivity contribution in [3.63, 3.8) is 0 Å². The Morgan fingerprint density at radius 2 is 0.852 bits per heavy atom. The SMILES string of the molecule is CCCCCCC/C=C/C=C/C=C/CCCCCC(CC(=O)NC(CO)C(O)CCCCCCCCCCCCCC)OC(=O)CCCCC/C=C\CCCCCCCCC. The van der Waals surface area contributed by atoms with Crippen LogP contribution < -0.4 is 5.32 Å². The Bertz CT molecular complexity index is 1050. The van der Waals surface area contributed by atoms with Crippen LogP contribution in [0.25, 0.3) is 0 Å². The Labute approximate surface area is 378 Å². The molecule has 0 radical (unpaired) electrons. The van der Waals surface area contributed by atoms with Crippen LogP contribution >= 0.6 is 0 Å². The van der Waals surface area contributed by atoms with Crippen LogP contribution in [-0.2, 0) is 14.3 Å². The molecule has 6 nitrogen and oxygen atoms in total. The van der Waals surface area contributed by atoms with E-state index < -0.39 is 18.2 Å². The first kappa shape index (κ1) is 58.8. The number of esters is 1. The summed E-state index contributed by atoms with van der Waals surface area (Å²) in [5.74, 6) is -0.521.